The van der Waals surface area contributed by atoms with Gasteiger partial charge in [0, 0.05) is 46.0 Å². The summed E-state index contributed by atoms with van der Waals surface area (Å²) in [7, 11) is 3.17. The minimum atomic E-state index is -3.77. The summed E-state index contributed by atoms with van der Waals surface area (Å²) in [6.45, 7) is 4.05. The molecule has 0 atom stereocenters. The smallest absolute Gasteiger partial charge is 0.260 e. The van der Waals surface area contributed by atoms with E-state index in [0.717, 1.165) is 15.8 Å². The number of amides is 1. The van der Waals surface area contributed by atoms with Crippen LogP contribution in [0.1, 0.15) is 15.9 Å². The number of carbonyl (C=O) groups excluding carboxylic acids is 1. The quantitative estimate of drug-likeness (QED) is 0.333. The summed E-state index contributed by atoms with van der Waals surface area (Å²) in [4.78, 5) is 22.1. The third-order valence-corrected chi connectivity index (χ3v) is 8.64. The minimum Gasteiger partial charge on any atom is -0.383 e. The van der Waals surface area contributed by atoms with E-state index in [1.807, 2.05) is 44.1 Å². The molecule has 0 saturated heterocycles. The topological polar surface area (TPSA) is 92.3 Å². The first-order chi connectivity index (χ1) is 17.2. The highest BCUT2D eigenvalue weighted by Gasteiger charge is 2.26. The van der Waals surface area contributed by atoms with Crippen molar-refractivity contribution in [1.82, 2.24) is 14.2 Å². The molecule has 1 aromatic heterocycles. The number of para-hydroxylation sites is 1. The van der Waals surface area contributed by atoms with Crippen molar-refractivity contribution in [2.75, 3.05) is 72.6 Å². The van der Waals surface area contributed by atoms with Crippen LogP contribution in [0.5, 0.6) is 0 Å². The number of rotatable bonds is 13. The molecule has 0 spiro atoms. The number of aryl methyl sites for hydroxylation is 1. The molecule has 0 fully saturated rings. The Morgan fingerprint density at radius 1 is 0.944 bits per heavy atom. The number of sulfonamides is 1. The zero-order valence-electron chi connectivity index (χ0n) is 21.4. The van der Waals surface area contributed by atoms with E-state index in [9.17, 15) is 13.2 Å². The monoisotopic (exact) mass is 534 g/mol. The van der Waals surface area contributed by atoms with Crippen LogP contribution in [0.2, 0.25) is 0 Å². The first kappa shape index (κ1) is 28.2. The van der Waals surface area contributed by atoms with Gasteiger partial charge in [0.15, 0.2) is 5.13 Å². The lowest BCUT2D eigenvalue weighted by molar-refractivity contribution is 0.0985. The van der Waals surface area contributed by atoms with Crippen LogP contribution in [0.3, 0.4) is 0 Å². The summed E-state index contributed by atoms with van der Waals surface area (Å²) in [5.41, 5.74) is 2.33. The summed E-state index contributed by atoms with van der Waals surface area (Å²) >= 11 is 1.47. The van der Waals surface area contributed by atoms with Crippen molar-refractivity contribution >= 4 is 42.6 Å². The molecule has 0 saturated carbocycles. The van der Waals surface area contributed by atoms with Crippen LogP contribution in [-0.2, 0) is 19.5 Å². The van der Waals surface area contributed by atoms with E-state index in [-0.39, 0.29) is 37.1 Å². The summed E-state index contributed by atoms with van der Waals surface area (Å²) < 4.78 is 38.9. The SMILES string of the molecule is COCCN(CCOC)S(=O)(=O)c1ccc(C(=O)N(CCN(C)C)c2nc3c(C)cccc3s2)cc1. The Morgan fingerprint density at radius 2 is 1.58 bits per heavy atom. The van der Waals surface area contributed by atoms with Gasteiger partial charge in [-0.25, -0.2) is 13.4 Å². The third-order valence-electron chi connectivity index (χ3n) is 5.68. The molecule has 196 valence electrons. The molecule has 0 bridgehead atoms. The number of anilines is 1. The van der Waals surface area contributed by atoms with E-state index in [0.29, 0.717) is 23.8 Å². The van der Waals surface area contributed by atoms with E-state index in [1.54, 1.807) is 17.0 Å². The van der Waals surface area contributed by atoms with Crippen molar-refractivity contribution in [3.8, 4) is 0 Å². The van der Waals surface area contributed by atoms with E-state index in [1.165, 1.54) is 42.0 Å². The molecule has 0 aliphatic heterocycles. The highest BCUT2D eigenvalue weighted by atomic mass is 32.2. The number of likely N-dealkylation sites (N-methyl/N-ethyl adjacent to an activating group) is 1. The molecule has 3 rings (SSSR count). The van der Waals surface area contributed by atoms with Crippen molar-refractivity contribution in [2.24, 2.45) is 0 Å². The maximum absolute atomic E-state index is 13.6. The predicted molar refractivity (Wildman–Crippen MR) is 144 cm³/mol. The zero-order valence-corrected chi connectivity index (χ0v) is 23.1. The fourth-order valence-corrected chi connectivity index (χ4v) is 6.06. The lowest BCUT2D eigenvalue weighted by Gasteiger charge is -2.23. The molecule has 11 heteroatoms. The highest BCUT2D eigenvalue weighted by molar-refractivity contribution is 7.89. The number of carbonyl (C=O) groups is 1. The average Bonchev–Trinajstić information content (AvgIpc) is 3.29. The number of aromatic nitrogens is 1. The van der Waals surface area contributed by atoms with E-state index >= 15 is 0 Å². The van der Waals surface area contributed by atoms with Crippen molar-refractivity contribution in [1.29, 1.82) is 0 Å². The van der Waals surface area contributed by atoms with Gasteiger partial charge in [0.05, 0.1) is 28.3 Å². The molecule has 1 heterocycles. The molecule has 0 radical (unpaired) electrons. The Kier molecular flexibility index (Phi) is 9.94. The van der Waals surface area contributed by atoms with Crippen molar-refractivity contribution < 1.29 is 22.7 Å². The average molecular weight is 535 g/mol. The van der Waals surface area contributed by atoms with Gasteiger partial charge in [0.25, 0.3) is 5.91 Å². The summed E-state index contributed by atoms with van der Waals surface area (Å²) in [5.74, 6) is -0.229. The molecule has 0 unspecified atom stereocenters. The van der Waals surface area contributed by atoms with Gasteiger partial charge in [-0.15, -0.1) is 0 Å². The molecule has 0 aliphatic carbocycles. The fraction of sp³-hybridized carbons (Fsp3) is 0.440. The lowest BCUT2D eigenvalue weighted by Crippen LogP contribution is -2.37. The Hall–Kier alpha value is -2.41. The van der Waals surface area contributed by atoms with Gasteiger partial charge in [0.1, 0.15) is 0 Å². The summed E-state index contributed by atoms with van der Waals surface area (Å²) in [6, 6.07) is 12.0. The normalized spacial score (nSPS) is 12.1. The van der Waals surface area contributed by atoms with Crippen molar-refractivity contribution in [3.05, 3.63) is 53.6 Å². The third kappa shape index (κ3) is 6.67. The molecular formula is C25H34N4O5S2. The van der Waals surface area contributed by atoms with Gasteiger partial charge in [-0.2, -0.15) is 4.31 Å². The van der Waals surface area contributed by atoms with Crippen LogP contribution in [-0.4, -0.2) is 96.2 Å². The number of hydrogen-bond acceptors (Lipinski definition) is 8. The fourth-order valence-electron chi connectivity index (χ4n) is 3.59. The van der Waals surface area contributed by atoms with Gasteiger partial charge in [-0.1, -0.05) is 23.5 Å². The number of ether oxygens (including phenoxy) is 2. The Balaban J connectivity index is 1.89. The maximum Gasteiger partial charge on any atom is 0.260 e. The maximum atomic E-state index is 13.6. The molecule has 1 amide bonds. The van der Waals surface area contributed by atoms with Crippen LogP contribution in [0, 0.1) is 6.92 Å². The van der Waals surface area contributed by atoms with Gasteiger partial charge < -0.3 is 14.4 Å². The number of fused-ring (bicyclic) bond motifs is 1. The minimum absolute atomic E-state index is 0.113. The Labute approximate surface area is 217 Å². The highest BCUT2D eigenvalue weighted by Crippen LogP contribution is 2.31. The molecular weight excluding hydrogens is 500 g/mol. The molecule has 3 aromatic rings. The van der Waals surface area contributed by atoms with Crippen LogP contribution >= 0.6 is 11.3 Å². The summed E-state index contributed by atoms with van der Waals surface area (Å²) in [5, 5.41) is 0.619. The van der Waals surface area contributed by atoms with Crippen LogP contribution in [0.25, 0.3) is 10.2 Å². The number of thiazole rings is 1. The molecule has 36 heavy (non-hydrogen) atoms. The zero-order chi connectivity index (χ0) is 26.3. The van der Waals surface area contributed by atoms with Gasteiger partial charge in [-0.3, -0.25) is 9.69 Å². The van der Waals surface area contributed by atoms with Crippen molar-refractivity contribution in [3.63, 3.8) is 0 Å². The van der Waals surface area contributed by atoms with Crippen molar-refractivity contribution in [2.45, 2.75) is 11.8 Å². The number of methoxy groups -OCH3 is 2. The first-order valence-corrected chi connectivity index (χ1v) is 13.9. The largest absolute Gasteiger partial charge is 0.383 e. The first-order valence-electron chi connectivity index (χ1n) is 11.6. The summed E-state index contributed by atoms with van der Waals surface area (Å²) in [6.07, 6.45) is 0. The van der Waals surface area contributed by atoms with Crippen LogP contribution in [0.15, 0.2) is 47.4 Å². The number of hydrogen-bond donors (Lipinski definition) is 0. The van der Waals surface area contributed by atoms with E-state index in [2.05, 4.69) is 0 Å². The lowest BCUT2D eigenvalue weighted by atomic mass is 10.2. The predicted octanol–water partition coefficient (Wildman–Crippen LogP) is 3.10. The van der Waals surface area contributed by atoms with E-state index < -0.39 is 10.0 Å². The molecule has 0 aliphatic rings. The second-order valence-electron chi connectivity index (χ2n) is 8.59. The Morgan fingerprint density at radius 3 is 2.14 bits per heavy atom. The number of nitrogens with zero attached hydrogens (tertiary/aromatic N) is 4. The molecule has 0 N–H and O–H groups in total. The van der Waals surface area contributed by atoms with Crippen LogP contribution < -0.4 is 4.90 Å². The number of benzene rings is 2. The second-order valence-corrected chi connectivity index (χ2v) is 11.5. The standard InChI is InChI=1S/C25H34N4O5S2/c1-19-7-6-8-22-23(19)26-25(35-22)29(14-13-27(2)3)24(30)20-9-11-21(12-10-20)36(31,32)28(15-17-33-4)16-18-34-5/h6-12H,13-18H2,1-5H3. The Bertz CT molecular complexity index is 1250. The second kappa shape index (κ2) is 12.7. The van der Waals surface area contributed by atoms with Gasteiger partial charge in [0.2, 0.25) is 10.0 Å². The van der Waals surface area contributed by atoms with Gasteiger partial charge >= 0.3 is 0 Å². The molecule has 2 aromatic carbocycles. The van der Waals surface area contributed by atoms with E-state index in [4.69, 9.17) is 14.5 Å². The van der Waals surface area contributed by atoms with Gasteiger partial charge in [-0.05, 0) is 56.9 Å². The van der Waals surface area contributed by atoms with Crippen LogP contribution in [0.4, 0.5) is 5.13 Å². The molecule has 9 nitrogen and oxygen atoms in total.